The van der Waals surface area contributed by atoms with E-state index in [0.29, 0.717) is 16.9 Å². The Bertz CT molecular complexity index is 590. The minimum absolute atomic E-state index is 0.437. The van der Waals surface area contributed by atoms with Gasteiger partial charge in [-0.2, -0.15) is 0 Å². The van der Waals surface area contributed by atoms with Crippen LogP contribution in [0.1, 0.15) is 25.7 Å². The monoisotopic (exact) mass is 244 g/mol. The van der Waals surface area contributed by atoms with E-state index in [4.69, 9.17) is 5.73 Å². The van der Waals surface area contributed by atoms with Crippen molar-refractivity contribution in [2.75, 3.05) is 23.7 Å². The Hall–Kier alpha value is -1.85. The molecule has 2 fully saturated rings. The molecule has 2 aromatic heterocycles. The van der Waals surface area contributed by atoms with Gasteiger partial charge in [-0.05, 0) is 31.1 Å². The van der Waals surface area contributed by atoms with Crippen LogP contribution < -0.4 is 10.6 Å². The summed E-state index contributed by atoms with van der Waals surface area (Å²) in [5, 5.41) is 8.40. The molecule has 0 amide bonds. The van der Waals surface area contributed by atoms with Crippen molar-refractivity contribution in [1.82, 2.24) is 19.6 Å². The Balaban J connectivity index is 1.68. The van der Waals surface area contributed by atoms with Gasteiger partial charge in [0.15, 0.2) is 5.82 Å². The Labute approximate surface area is 105 Å². The van der Waals surface area contributed by atoms with Crippen LogP contribution in [0.15, 0.2) is 12.4 Å². The van der Waals surface area contributed by atoms with Crippen LogP contribution in [-0.4, -0.2) is 32.7 Å². The van der Waals surface area contributed by atoms with E-state index in [2.05, 4.69) is 20.1 Å². The van der Waals surface area contributed by atoms with Gasteiger partial charge in [-0.3, -0.25) is 4.40 Å². The van der Waals surface area contributed by atoms with Crippen molar-refractivity contribution in [3.63, 3.8) is 0 Å². The number of nitrogens with zero attached hydrogens (tertiary/aromatic N) is 5. The van der Waals surface area contributed by atoms with Crippen molar-refractivity contribution in [2.45, 2.75) is 25.7 Å². The van der Waals surface area contributed by atoms with Gasteiger partial charge in [-0.15, -0.1) is 10.2 Å². The second-order valence-electron chi connectivity index (χ2n) is 5.49. The fraction of sp³-hybridized carbons (Fsp3) is 0.583. The Morgan fingerprint density at radius 2 is 1.89 bits per heavy atom. The summed E-state index contributed by atoms with van der Waals surface area (Å²) >= 11 is 0. The largest absolute Gasteiger partial charge is 0.381 e. The van der Waals surface area contributed by atoms with E-state index in [1.54, 1.807) is 6.20 Å². The van der Waals surface area contributed by atoms with E-state index >= 15 is 0 Å². The number of hydrogen-bond donors (Lipinski definition) is 1. The molecule has 0 bridgehead atoms. The lowest BCUT2D eigenvalue weighted by atomic mass is 9.94. The molecule has 0 aromatic carbocycles. The van der Waals surface area contributed by atoms with Gasteiger partial charge in [-0.25, -0.2) is 4.98 Å². The average molecular weight is 244 g/mol. The number of anilines is 2. The minimum Gasteiger partial charge on any atom is -0.381 e. The highest BCUT2D eigenvalue weighted by Gasteiger charge is 2.44. The van der Waals surface area contributed by atoms with E-state index < -0.39 is 0 Å². The molecule has 18 heavy (non-hydrogen) atoms. The molecule has 6 nitrogen and oxygen atoms in total. The molecule has 2 N–H and O–H groups in total. The lowest BCUT2D eigenvalue weighted by Crippen LogP contribution is -2.35. The topological polar surface area (TPSA) is 72.3 Å². The molecule has 4 rings (SSSR count). The van der Waals surface area contributed by atoms with E-state index in [9.17, 15) is 0 Å². The molecule has 2 aromatic rings. The smallest absolute Gasteiger partial charge is 0.231 e. The number of hydrogen-bond acceptors (Lipinski definition) is 5. The maximum Gasteiger partial charge on any atom is 0.231 e. The maximum atomic E-state index is 5.80. The highest BCUT2D eigenvalue weighted by Crippen LogP contribution is 2.53. The SMILES string of the molecule is Nc1nccn2c(N3CCC4(CC3)CC4)nnc12. The van der Waals surface area contributed by atoms with Gasteiger partial charge >= 0.3 is 0 Å². The summed E-state index contributed by atoms with van der Waals surface area (Å²) in [6, 6.07) is 0. The summed E-state index contributed by atoms with van der Waals surface area (Å²) in [5.74, 6) is 1.33. The van der Waals surface area contributed by atoms with Crippen molar-refractivity contribution in [3.05, 3.63) is 12.4 Å². The van der Waals surface area contributed by atoms with Gasteiger partial charge in [-0.1, -0.05) is 0 Å². The standard InChI is InChI=1S/C12H16N6/c13-9-10-15-16-11(18(10)8-5-14-9)17-6-3-12(1-2-12)4-7-17/h5,8H,1-4,6-7H2,(H2,13,14). The first kappa shape index (κ1) is 10.1. The highest BCUT2D eigenvalue weighted by atomic mass is 15.4. The first-order chi connectivity index (χ1) is 8.77. The zero-order valence-corrected chi connectivity index (χ0v) is 10.2. The van der Waals surface area contributed by atoms with Gasteiger partial charge < -0.3 is 10.6 Å². The summed E-state index contributed by atoms with van der Waals surface area (Å²) in [6.07, 6.45) is 8.96. The Morgan fingerprint density at radius 1 is 1.11 bits per heavy atom. The van der Waals surface area contributed by atoms with E-state index in [0.717, 1.165) is 19.0 Å². The van der Waals surface area contributed by atoms with Gasteiger partial charge in [0.25, 0.3) is 0 Å². The summed E-state index contributed by atoms with van der Waals surface area (Å²) in [5.41, 5.74) is 7.13. The van der Waals surface area contributed by atoms with Crippen LogP contribution >= 0.6 is 0 Å². The fourth-order valence-corrected chi connectivity index (χ4v) is 2.91. The normalized spacial score (nSPS) is 21.7. The molecule has 3 heterocycles. The minimum atomic E-state index is 0.437. The number of rotatable bonds is 1. The van der Waals surface area contributed by atoms with Crippen molar-refractivity contribution in [3.8, 4) is 0 Å². The Kier molecular flexibility index (Phi) is 1.87. The highest BCUT2D eigenvalue weighted by molar-refractivity contribution is 5.61. The van der Waals surface area contributed by atoms with Gasteiger partial charge in [0.1, 0.15) is 0 Å². The molecular weight excluding hydrogens is 228 g/mol. The van der Waals surface area contributed by atoms with Crippen LogP contribution in [0.5, 0.6) is 0 Å². The van der Waals surface area contributed by atoms with Crippen LogP contribution in [-0.2, 0) is 0 Å². The molecule has 1 saturated heterocycles. The molecular formula is C12H16N6. The van der Waals surface area contributed by atoms with Crippen molar-refractivity contribution >= 4 is 17.4 Å². The quantitative estimate of drug-likeness (QED) is 0.813. The van der Waals surface area contributed by atoms with E-state index in [1.165, 1.54) is 25.7 Å². The summed E-state index contributed by atoms with van der Waals surface area (Å²) < 4.78 is 1.94. The molecule has 0 atom stereocenters. The number of nitrogen functional groups attached to an aromatic ring is 1. The molecule has 1 spiro atoms. The molecule has 2 aliphatic rings. The predicted molar refractivity (Wildman–Crippen MR) is 68.3 cm³/mol. The molecule has 1 aliphatic carbocycles. The lowest BCUT2D eigenvalue weighted by Gasteiger charge is -2.31. The molecule has 0 unspecified atom stereocenters. The van der Waals surface area contributed by atoms with Crippen molar-refractivity contribution < 1.29 is 0 Å². The van der Waals surface area contributed by atoms with Crippen molar-refractivity contribution in [2.24, 2.45) is 5.41 Å². The van der Waals surface area contributed by atoms with Crippen LogP contribution in [0.2, 0.25) is 0 Å². The molecule has 1 aliphatic heterocycles. The third-order valence-corrected chi connectivity index (χ3v) is 4.40. The first-order valence-corrected chi connectivity index (χ1v) is 6.48. The Morgan fingerprint density at radius 3 is 2.61 bits per heavy atom. The number of aromatic nitrogens is 4. The van der Waals surface area contributed by atoms with Crippen LogP contribution in [0.4, 0.5) is 11.8 Å². The third kappa shape index (κ3) is 1.38. The van der Waals surface area contributed by atoms with Gasteiger partial charge in [0.05, 0.1) is 0 Å². The van der Waals surface area contributed by atoms with E-state index in [1.807, 2.05) is 10.6 Å². The third-order valence-electron chi connectivity index (χ3n) is 4.40. The van der Waals surface area contributed by atoms with Crippen LogP contribution in [0.25, 0.3) is 5.65 Å². The predicted octanol–water partition coefficient (Wildman–Crippen LogP) is 1.09. The average Bonchev–Trinajstić information content (AvgIpc) is 2.99. The number of nitrogens with two attached hydrogens (primary N) is 1. The zero-order valence-electron chi connectivity index (χ0n) is 10.2. The zero-order chi connectivity index (χ0) is 12.2. The molecule has 0 radical (unpaired) electrons. The molecule has 94 valence electrons. The van der Waals surface area contributed by atoms with E-state index in [-0.39, 0.29) is 0 Å². The second-order valence-corrected chi connectivity index (χ2v) is 5.49. The fourth-order valence-electron chi connectivity index (χ4n) is 2.91. The number of fused-ring (bicyclic) bond motifs is 1. The summed E-state index contributed by atoms with van der Waals surface area (Å²) in [7, 11) is 0. The lowest BCUT2D eigenvalue weighted by molar-refractivity contribution is 0.381. The molecule has 1 saturated carbocycles. The van der Waals surface area contributed by atoms with Gasteiger partial charge in [0.2, 0.25) is 11.6 Å². The summed E-state index contributed by atoms with van der Waals surface area (Å²) in [6.45, 7) is 2.14. The van der Waals surface area contributed by atoms with Crippen LogP contribution in [0, 0.1) is 5.41 Å². The summed E-state index contributed by atoms with van der Waals surface area (Å²) in [4.78, 5) is 6.34. The van der Waals surface area contributed by atoms with Gasteiger partial charge in [0, 0.05) is 25.5 Å². The van der Waals surface area contributed by atoms with Crippen LogP contribution in [0.3, 0.4) is 0 Å². The van der Waals surface area contributed by atoms with Crippen molar-refractivity contribution in [1.29, 1.82) is 0 Å². The second kappa shape index (κ2) is 3.34. The maximum absolute atomic E-state index is 5.80. The molecule has 6 heteroatoms. The number of piperidine rings is 1. The first-order valence-electron chi connectivity index (χ1n) is 6.48.